The Kier molecular flexibility index (Phi) is 4.45. The molecule has 122 valence electrons. The van der Waals surface area contributed by atoms with E-state index in [1.165, 1.54) is 0 Å². The molecule has 3 N–H and O–H groups in total. The van der Waals surface area contributed by atoms with Gasteiger partial charge in [0.25, 0.3) is 0 Å². The molecule has 2 atom stereocenters. The van der Waals surface area contributed by atoms with Crippen molar-refractivity contribution in [3.05, 3.63) is 54.1 Å². The van der Waals surface area contributed by atoms with E-state index in [4.69, 9.17) is 0 Å². The molecule has 1 fully saturated rings. The summed E-state index contributed by atoms with van der Waals surface area (Å²) in [4.78, 5) is 16.7. The number of rotatable bonds is 4. The molecule has 23 heavy (non-hydrogen) atoms. The zero-order valence-electron chi connectivity index (χ0n) is 13.2. The van der Waals surface area contributed by atoms with Gasteiger partial charge in [0, 0.05) is 18.9 Å². The van der Waals surface area contributed by atoms with Gasteiger partial charge >= 0.3 is 0 Å². The van der Waals surface area contributed by atoms with E-state index in [0.717, 1.165) is 17.9 Å². The molecule has 0 unspecified atom stereocenters. The van der Waals surface area contributed by atoms with Crippen molar-refractivity contribution in [2.24, 2.45) is 0 Å². The van der Waals surface area contributed by atoms with Crippen LogP contribution in [-0.2, 0) is 16.9 Å². The Morgan fingerprint density at radius 1 is 1.48 bits per heavy atom. The fraction of sp³-hybridized carbons (Fsp3) is 0.412. The molecule has 1 saturated heterocycles. The van der Waals surface area contributed by atoms with Gasteiger partial charge in [0.15, 0.2) is 0 Å². The minimum absolute atomic E-state index is 0.129. The number of aliphatic hydroxyl groups excluding tert-OH is 1. The predicted octanol–water partition coefficient (Wildman–Crippen LogP) is 0.557. The number of piperidine rings is 1. The van der Waals surface area contributed by atoms with Crippen molar-refractivity contribution < 1.29 is 9.90 Å². The van der Waals surface area contributed by atoms with Crippen molar-refractivity contribution in [1.82, 2.24) is 20.2 Å². The van der Waals surface area contributed by atoms with Gasteiger partial charge in [-0.3, -0.25) is 4.79 Å². The first kappa shape index (κ1) is 15.7. The maximum absolute atomic E-state index is 12.6. The molecule has 0 bridgehead atoms. The van der Waals surface area contributed by atoms with Gasteiger partial charge in [-0.15, -0.1) is 0 Å². The summed E-state index contributed by atoms with van der Waals surface area (Å²) in [6, 6.07) is 9.70. The highest BCUT2D eigenvalue weighted by Gasteiger charge is 2.42. The second kappa shape index (κ2) is 6.52. The lowest BCUT2D eigenvalue weighted by atomic mass is 9.79. The Balaban J connectivity index is 1.84. The third kappa shape index (κ3) is 3.13. The van der Waals surface area contributed by atoms with E-state index in [1.54, 1.807) is 17.0 Å². The lowest BCUT2D eigenvalue weighted by molar-refractivity contribution is -0.126. The molecule has 2 aromatic rings. The van der Waals surface area contributed by atoms with E-state index in [2.05, 4.69) is 15.6 Å². The number of aryl methyl sites for hydroxylation is 1. The Labute approximate surface area is 135 Å². The van der Waals surface area contributed by atoms with Crippen LogP contribution >= 0.6 is 0 Å². The highest BCUT2D eigenvalue weighted by atomic mass is 16.3. The highest BCUT2D eigenvalue weighted by molar-refractivity contribution is 5.77. The molecule has 3 rings (SSSR count). The average molecular weight is 314 g/mol. The van der Waals surface area contributed by atoms with Crippen LogP contribution in [0, 0.1) is 6.92 Å². The maximum Gasteiger partial charge on any atom is 0.240 e. The van der Waals surface area contributed by atoms with Crippen LogP contribution in [0.15, 0.2) is 42.7 Å². The minimum Gasteiger partial charge on any atom is -0.389 e. The first-order valence-corrected chi connectivity index (χ1v) is 7.85. The number of β-amino-alcohol motifs (C(OH)–C–C–N with tert-alkyl or cyclic N) is 1. The molecule has 1 aromatic carbocycles. The summed E-state index contributed by atoms with van der Waals surface area (Å²) in [5, 5.41) is 16.9. The standard InChI is InChI=1S/C17H22N4O2/c1-13-19-9-10-21(13)12-16(23)20-17(7-8-18-11-15(17)22)14-5-3-2-4-6-14/h2-6,9-10,15,18,22H,7-8,11-12H2,1H3,(H,20,23)/t15-,17+/m1/s1. The van der Waals surface area contributed by atoms with Gasteiger partial charge < -0.3 is 20.3 Å². The number of amides is 1. The first-order chi connectivity index (χ1) is 11.1. The number of hydrogen-bond donors (Lipinski definition) is 3. The summed E-state index contributed by atoms with van der Waals surface area (Å²) in [7, 11) is 0. The summed E-state index contributed by atoms with van der Waals surface area (Å²) in [6.45, 7) is 3.26. The summed E-state index contributed by atoms with van der Waals surface area (Å²) < 4.78 is 1.79. The molecule has 1 aliphatic heterocycles. The monoisotopic (exact) mass is 314 g/mol. The SMILES string of the molecule is Cc1nccn1CC(=O)N[C@]1(c2ccccc2)CCNC[C@H]1O. The molecule has 2 heterocycles. The van der Waals surface area contributed by atoms with Crippen molar-refractivity contribution in [2.45, 2.75) is 31.5 Å². The van der Waals surface area contributed by atoms with E-state index in [1.807, 2.05) is 37.3 Å². The fourth-order valence-corrected chi connectivity index (χ4v) is 3.17. The van der Waals surface area contributed by atoms with Gasteiger partial charge in [-0.2, -0.15) is 0 Å². The van der Waals surface area contributed by atoms with Crippen LogP contribution in [0.4, 0.5) is 0 Å². The lowest BCUT2D eigenvalue weighted by Gasteiger charge is -2.43. The molecule has 1 amide bonds. The maximum atomic E-state index is 12.6. The Morgan fingerprint density at radius 2 is 2.26 bits per heavy atom. The van der Waals surface area contributed by atoms with E-state index >= 15 is 0 Å². The lowest BCUT2D eigenvalue weighted by Crippen LogP contribution is -2.61. The number of aliphatic hydroxyl groups is 1. The third-order valence-electron chi connectivity index (χ3n) is 4.49. The number of nitrogens with zero attached hydrogens (tertiary/aromatic N) is 2. The first-order valence-electron chi connectivity index (χ1n) is 7.85. The summed E-state index contributed by atoms with van der Waals surface area (Å²) in [5.74, 6) is 0.663. The van der Waals surface area contributed by atoms with Crippen molar-refractivity contribution in [2.75, 3.05) is 13.1 Å². The van der Waals surface area contributed by atoms with Crippen molar-refractivity contribution in [3.8, 4) is 0 Å². The zero-order valence-corrected chi connectivity index (χ0v) is 13.2. The normalized spacial score (nSPS) is 24.3. The topological polar surface area (TPSA) is 79.2 Å². The summed E-state index contributed by atoms with van der Waals surface area (Å²) in [6.07, 6.45) is 3.43. The van der Waals surface area contributed by atoms with Gasteiger partial charge in [0.2, 0.25) is 5.91 Å². The minimum atomic E-state index is -0.752. The van der Waals surface area contributed by atoms with Gasteiger partial charge in [0.1, 0.15) is 12.4 Å². The van der Waals surface area contributed by atoms with Crippen LogP contribution in [0.25, 0.3) is 0 Å². The Hall–Kier alpha value is -2.18. The molecule has 0 aliphatic carbocycles. The van der Waals surface area contributed by atoms with Crippen molar-refractivity contribution in [1.29, 1.82) is 0 Å². The third-order valence-corrected chi connectivity index (χ3v) is 4.49. The number of hydrogen-bond acceptors (Lipinski definition) is 4. The van der Waals surface area contributed by atoms with Gasteiger partial charge in [0.05, 0.1) is 11.6 Å². The van der Waals surface area contributed by atoms with Crippen molar-refractivity contribution >= 4 is 5.91 Å². The van der Waals surface area contributed by atoms with Gasteiger partial charge in [-0.25, -0.2) is 4.98 Å². The van der Waals surface area contributed by atoms with E-state index in [9.17, 15) is 9.90 Å². The van der Waals surface area contributed by atoms with Crippen LogP contribution < -0.4 is 10.6 Å². The molecule has 1 aliphatic rings. The number of aromatic nitrogens is 2. The predicted molar refractivity (Wildman–Crippen MR) is 86.7 cm³/mol. The quantitative estimate of drug-likeness (QED) is 0.770. The second-order valence-electron chi connectivity index (χ2n) is 5.96. The second-order valence-corrected chi connectivity index (χ2v) is 5.96. The summed E-state index contributed by atoms with van der Waals surface area (Å²) >= 11 is 0. The molecule has 0 spiro atoms. The molecular formula is C17H22N4O2. The van der Waals surface area contributed by atoms with Crippen LogP contribution in [0.2, 0.25) is 0 Å². The molecule has 6 nitrogen and oxygen atoms in total. The Morgan fingerprint density at radius 3 is 2.91 bits per heavy atom. The highest BCUT2D eigenvalue weighted by Crippen LogP contribution is 2.31. The fourth-order valence-electron chi connectivity index (χ4n) is 3.17. The number of carbonyl (C=O) groups excluding carboxylic acids is 1. The van der Waals surface area contributed by atoms with Crippen LogP contribution in [0.3, 0.4) is 0 Å². The van der Waals surface area contributed by atoms with E-state index in [-0.39, 0.29) is 12.5 Å². The largest absolute Gasteiger partial charge is 0.389 e. The molecule has 1 aromatic heterocycles. The van der Waals surface area contributed by atoms with Crippen molar-refractivity contribution in [3.63, 3.8) is 0 Å². The summed E-state index contributed by atoms with van der Waals surface area (Å²) in [5.41, 5.74) is 0.183. The van der Waals surface area contributed by atoms with Crippen LogP contribution in [0.1, 0.15) is 17.8 Å². The van der Waals surface area contributed by atoms with E-state index < -0.39 is 11.6 Å². The molecule has 0 radical (unpaired) electrons. The van der Waals surface area contributed by atoms with E-state index in [0.29, 0.717) is 13.0 Å². The van der Waals surface area contributed by atoms with Gasteiger partial charge in [-0.1, -0.05) is 30.3 Å². The number of carbonyl (C=O) groups is 1. The molecule has 0 saturated carbocycles. The van der Waals surface area contributed by atoms with Crippen LogP contribution in [0.5, 0.6) is 0 Å². The molecular weight excluding hydrogens is 292 g/mol. The number of imidazole rings is 1. The smallest absolute Gasteiger partial charge is 0.240 e. The van der Waals surface area contributed by atoms with Crippen LogP contribution in [-0.4, -0.2) is 39.8 Å². The molecule has 6 heteroatoms. The average Bonchev–Trinajstić information content (AvgIpc) is 2.95. The Bertz CT molecular complexity index is 670. The number of benzene rings is 1. The number of nitrogens with one attached hydrogen (secondary N) is 2. The van der Waals surface area contributed by atoms with Gasteiger partial charge in [-0.05, 0) is 25.5 Å². The zero-order chi connectivity index (χ0) is 16.3.